The zero-order chi connectivity index (χ0) is 35.0. The van der Waals surface area contributed by atoms with Crippen LogP contribution in [-0.4, -0.2) is 90.6 Å². The third-order valence-corrected chi connectivity index (χ3v) is 10.1. The third kappa shape index (κ3) is 9.92. The van der Waals surface area contributed by atoms with Crippen molar-refractivity contribution in [3.63, 3.8) is 0 Å². The number of ether oxygens (including phenoxy) is 2. The summed E-state index contributed by atoms with van der Waals surface area (Å²) in [6, 6.07) is 10.1. The van der Waals surface area contributed by atoms with Gasteiger partial charge in [-0.2, -0.15) is 11.8 Å². The molecular weight excluding hydrogens is 706 g/mol. The normalized spacial score (nSPS) is 12.9. The van der Waals surface area contributed by atoms with E-state index in [1.165, 1.54) is 33.5 Å². The second-order valence-corrected chi connectivity index (χ2v) is 14.2. The molecule has 0 saturated heterocycles. The maximum Gasteiger partial charge on any atom is 0.327 e. The Bertz CT molecular complexity index is 2020. The number of carboxylic acids is 1. The summed E-state index contributed by atoms with van der Waals surface area (Å²) in [6.07, 6.45) is 2.98. The van der Waals surface area contributed by atoms with Gasteiger partial charge in [-0.3, -0.25) is 4.79 Å². The maximum atomic E-state index is 13.0. The monoisotopic (exact) mass is 735 g/mol. The summed E-state index contributed by atoms with van der Waals surface area (Å²) >= 11 is 2.26. The van der Waals surface area contributed by atoms with E-state index in [4.69, 9.17) is 14.6 Å². The fraction of sp³-hybridized carbons (Fsp3) is 0.321. The lowest BCUT2D eigenvalue weighted by molar-refractivity contribution is -0.141. The highest BCUT2D eigenvalue weighted by atomic mass is 32.2. The van der Waals surface area contributed by atoms with Crippen LogP contribution in [0, 0.1) is 0 Å². The number of nitrogens with zero attached hydrogens (tertiary/aromatic N) is 7. The van der Waals surface area contributed by atoms with Crippen LogP contribution in [0.25, 0.3) is 10.2 Å². The van der Waals surface area contributed by atoms with Gasteiger partial charge >= 0.3 is 5.97 Å². The first-order chi connectivity index (χ1) is 23.5. The average Bonchev–Trinajstić information content (AvgIpc) is 3.83. The zero-order valence-corrected chi connectivity index (χ0v) is 27.9. The number of halogens is 1. The van der Waals surface area contributed by atoms with E-state index in [0.717, 1.165) is 16.9 Å². The van der Waals surface area contributed by atoms with Crippen LogP contribution in [0.4, 0.5) is 4.39 Å². The van der Waals surface area contributed by atoms with Crippen molar-refractivity contribution < 1.29 is 42.1 Å². The Morgan fingerprint density at radius 2 is 1.80 bits per heavy atom. The van der Waals surface area contributed by atoms with Crippen molar-refractivity contribution in [2.45, 2.75) is 41.9 Å². The highest BCUT2D eigenvalue weighted by molar-refractivity contribution is 7.98. The number of aliphatic hydroxyl groups excluding tert-OH is 1. The first-order valence-corrected chi connectivity index (χ1v) is 17.9. The number of nitrogens with one attached hydrogen (secondary N) is 1. The number of hydrogen-bond acceptors (Lipinski definition) is 14. The SMILES string of the molecule is NS(=O)(=O)c1nc2cc(OCc3cn(CC(=O)N[C@@H](CSCc4cccc(OCc5cn(C(CO)CF)nn5)c4)C(=O)O)nn3)ccc2s1. The lowest BCUT2D eigenvalue weighted by Crippen LogP contribution is -2.44. The standard InChI is InChI=1S/C28H30FN9O8S3/c29-8-20(12-39)38-10-19(34-36-38)14-45-21-3-1-2-17(6-21)15-47-16-24(27(41)42)31-26(40)11-37-9-18(33-35-37)13-46-22-4-5-25-23(7-22)32-28(48-25)49(30,43)44/h1-7,9-10,20,24,39H,8,11-16H2,(H,31,40)(H,41,42)(H2,30,43,44)/t20?,24-/m0/s1. The number of benzene rings is 2. The lowest BCUT2D eigenvalue weighted by atomic mass is 10.2. The van der Waals surface area contributed by atoms with Crippen molar-refractivity contribution in [2.75, 3.05) is 19.0 Å². The molecule has 260 valence electrons. The molecule has 5 aromatic rings. The molecule has 2 aromatic carbocycles. The van der Waals surface area contributed by atoms with E-state index in [1.54, 1.807) is 36.4 Å². The van der Waals surface area contributed by atoms with Gasteiger partial charge in [0.1, 0.15) is 61.4 Å². The van der Waals surface area contributed by atoms with Crippen LogP contribution < -0.4 is 19.9 Å². The zero-order valence-electron chi connectivity index (χ0n) is 25.5. The molecule has 5 rings (SSSR count). The molecule has 0 aliphatic heterocycles. The largest absolute Gasteiger partial charge is 0.487 e. The van der Waals surface area contributed by atoms with Gasteiger partial charge in [-0.15, -0.1) is 21.5 Å². The number of aliphatic hydroxyl groups is 1. The molecule has 1 amide bonds. The molecule has 0 saturated carbocycles. The Morgan fingerprint density at radius 1 is 1.06 bits per heavy atom. The van der Waals surface area contributed by atoms with Crippen LogP contribution >= 0.6 is 23.1 Å². The second kappa shape index (κ2) is 16.1. The fourth-order valence-corrected chi connectivity index (χ4v) is 6.87. The van der Waals surface area contributed by atoms with E-state index in [1.807, 2.05) is 6.07 Å². The smallest absolute Gasteiger partial charge is 0.327 e. The summed E-state index contributed by atoms with van der Waals surface area (Å²) in [5.41, 5.74) is 2.12. The van der Waals surface area contributed by atoms with Crippen LogP contribution in [0.1, 0.15) is 23.0 Å². The summed E-state index contributed by atoms with van der Waals surface area (Å²) in [5.74, 6) is -0.291. The van der Waals surface area contributed by atoms with Crippen molar-refractivity contribution in [3.8, 4) is 11.5 Å². The number of carboxylic acid groups (broad SMARTS) is 1. The topological polar surface area (TPSA) is 240 Å². The number of nitrogens with two attached hydrogens (primary N) is 1. The number of carbonyl (C=O) groups is 2. The molecular formula is C28H30FN9O8S3. The Balaban J connectivity index is 1.06. The van der Waals surface area contributed by atoms with Crippen molar-refractivity contribution >= 4 is 55.2 Å². The summed E-state index contributed by atoms with van der Waals surface area (Å²) in [4.78, 5) is 28.5. The molecule has 3 aromatic heterocycles. The number of sulfonamides is 1. The Kier molecular flexibility index (Phi) is 11.7. The number of aliphatic carboxylic acids is 1. The number of hydrogen-bond donors (Lipinski definition) is 4. The van der Waals surface area contributed by atoms with Gasteiger partial charge in [0.15, 0.2) is 0 Å². The van der Waals surface area contributed by atoms with Crippen LogP contribution in [0.15, 0.2) is 59.2 Å². The van der Waals surface area contributed by atoms with Gasteiger partial charge in [0.05, 0.1) is 29.2 Å². The summed E-state index contributed by atoms with van der Waals surface area (Å²) in [5, 5.41) is 42.1. The molecule has 0 aliphatic rings. The lowest BCUT2D eigenvalue weighted by Gasteiger charge is -2.14. The van der Waals surface area contributed by atoms with Gasteiger partial charge in [-0.1, -0.05) is 22.6 Å². The van der Waals surface area contributed by atoms with Gasteiger partial charge in [-0.25, -0.2) is 37.1 Å². The summed E-state index contributed by atoms with van der Waals surface area (Å²) < 4.78 is 50.5. The molecule has 0 bridgehead atoms. The number of fused-ring (bicyclic) bond motifs is 1. The van der Waals surface area contributed by atoms with Gasteiger partial charge in [0.2, 0.25) is 10.2 Å². The molecule has 0 fully saturated rings. The fourth-order valence-electron chi connectivity index (χ4n) is 4.24. The molecule has 21 heteroatoms. The molecule has 0 radical (unpaired) electrons. The number of rotatable bonds is 18. The molecule has 5 N–H and O–H groups in total. The van der Waals surface area contributed by atoms with E-state index in [9.17, 15) is 32.6 Å². The van der Waals surface area contributed by atoms with E-state index in [2.05, 4.69) is 30.9 Å². The molecule has 2 atom stereocenters. The number of amides is 1. The number of carbonyl (C=O) groups excluding carboxylic acids is 1. The number of aromatic nitrogens is 7. The number of thiazole rings is 1. The van der Waals surface area contributed by atoms with Gasteiger partial charge < -0.3 is 25.0 Å². The van der Waals surface area contributed by atoms with Crippen LogP contribution in [0.3, 0.4) is 0 Å². The van der Waals surface area contributed by atoms with Crippen molar-refractivity contribution in [3.05, 3.63) is 71.8 Å². The number of primary sulfonamides is 1. The van der Waals surface area contributed by atoms with Crippen molar-refractivity contribution in [1.82, 2.24) is 40.3 Å². The predicted octanol–water partition coefficient (Wildman–Crippen LogP) is 1.29. The van der Waals surface area contributed by atoms with E-state index >= 15 is 0 Å². The van der Waals surface area contributed by atoms with Crippen LogP contribution in [0.2, 0.25) is 0 Å². The minimum atomic E-state index is -3.92. The summed E-state index contributed by atoms with van der Waals surface area (Å²) in [7, 11) is -3.92. The Hall–Kier alpha value is -4.70. The second-order valence-electron chi connectivity index (χ2n) is 10.4. The molecule has 17 nitrogen and oxygen atoms in total. The Morgan fingerprint density at radius 3 is 2.51 bits per heavy atom. The highest BCUT2D eigenvalue weighted by Gasteiger charge is 2.21. The van der Waals surface area contributed by atoms with Gasteiger partial charge in [-0.05, 0) is 29.8 Å². The quantitative estimate of drug-likeness (QED) is 0.0992. The minimum absolute atomic E-state index is 0.00688. The van der Waals surface area contributed by atoms with Crippen LogP contribution in [-0.2, 0) is 45.1 Å². The average molecular weight is 736 g/mol. The van der Waals surface area contributed by atoms with E-state index in [0.29, 0.717) is 38.9 Å². The van der Waals surface area contributed by atoms with Gasteiger partial charge in [0, 0.05) is 17.6 Å². The first kappa shape index (κ1) is 35.6. The number of thioether (sulfide) groups is 1. The predicted molar refractivity (Wildman–Crippen MR) is 174 cm³/mol. The molecule has 1 unspecified atom stereocenters. The van der Waals surface area contributed by atoms with Crippen molar-refractivity contribution in [2.24, 2.45) is 5.14 Å². The van der Waals surface area contributed by atoms with E-state index < -0.39 is 47.3 Å². The molecule has 0 spiro atoms. The van der Waals surface area contributed by atoms with Crippen LogP contribution in [0.5, 0.6) is 11.5 Å². The molecule has 3 heterocycles. The maximum absolute atomic E-state index is 13.0. The first-order valence-electron chi connectivity index (χ1n) is 14.3. The highest BCUT2D eigenvalue weighted by Crippen LogP contribution is 2.28. The minimum Gasteiger partial charge on any atom is -0.487 e. The molecule has 49 heavy (non-hydrogen) atoms. The van der Waals surface area contributed by atoms with Crippen molar-refractivity contribution in [1.29, 1.82) is 0 Å². The molecule has 0 aliphatic carbocycles. The third-order valence-electron chi connectivity index (χ3n) is 6.65. The van der Waals surface area contributed by atoms with Gasteiger partial charge in [0.25, 0.3) is 10.0 Å². The number of alkyl halides is 1. The van der Waals surface area contributed by atoms with E-state index in [-0.39, 0.29) is 29.9 Å². The Labute approximate surface area is 286 Å². The summed E-state index contributed by atoms with van der Waals surface area (Å²) in [6.45, 7) is -1.39.